The fourth-order valence-corrected chi connectivity index (χ4v) is 5.16. The summed E-state index contributed by atoms with van der Waals surface area (Å²) in [5, 5.41) is 7.47. The minimum atomic E-state index is 0.00173. The molecule has 3 aliphatic rings. The number of carbonyl (C=O) groups excluding carboxylic acids is 1. The highest BCUT2D eigenvalue weighted by molar-refractivity contribution is 7.15. The summed E-state index contributed by atoms with van der Waals surface area (Å²) in [6.07, 6.45) is 3.44. The highest BCUT2D eigenvalue weighted by Gasteiger charge is 2.39. The summed E-state index contributed by atoms with van der Waals surface area (Å²) in [5.41, 5.74) is 1.18. The number of fused-ring (bicyclic) bond motifs is 2. The topological polar surface area (TPSA) is 62.8 Å². The van der Waals surface area contributed by atoms with Gasteiger partial charge in [-0.25, -0.2) is 0 Å². The van der Waals surface area contributed by atoms with E-state index in [1.54, 1.807) is 0 Å². The Morgan fingerprint density at radius 2 is 1.96 bits per heavy atom. The Balaban J connectivity index is 1.18. The predicted octanol–water partition coefficient (Wildman–Crippen LogP) is 3.00. The largest absolute Gasteiger partial charge is 0.447 e. The first-order chi connectivity index (χ1) is 13.7. The number of nitrogens with zero attached hydrogens (tertiary/aromatic N) is 1. The second-order valence-electron chi connectivity index (χ2n) is 7.68. The van der Waals surface area contributed by atoms with Crippen molar-refractivity contribution >= 4 is 22.9 Å². The lowest BCUT2D eigenvalue weighted by molar-refractivity contribution is 0.0935. The zero-order chi connectivity index (χ0) is 18.9. The monoisotopic (exact) mass is 399 g/mol. The van der Waals surface area contributed by atoms with Crippen LogP contribution in [0.1, 0.15) is 28.9 Å². The highest BCUT2D eigenvalue weighted by Crippen LogP contribution is 2.32. The minimum absolute atomic E-state index is 0.00173. The number of morpholine rings is 1. The molecule has 4 heterocycles. The molecule has 3 unspecified atom stereocenters. The molecule has 28 heavy (non-hydrogen) atoms. The maximum Gasteiger partial charge on any atom is 0.261 e. The van der Waals surface area contributed by atoms with Crippen molar-refractivity contribution in [2.24, 2.45) is 0 Å². The van der Waals surface area contributed by atoms with Gasteiger partial charge in [0.25, 0.3) is 5.91 Å². The Labute approximate surface area is 168 Å². The number of carbonyl (C=O) groups is 1. The molecule has 3 saturated heterocycles. The van der Waals surface area contributed by atoms with Crippen LogP contribution in [0.3, 0.4) is 0 Å². The number of anilines is 1. The van der Waals surface area contributed by atoms with E-state index in [9.17, 15) is 4.79 Å². The molecule has 148 valence electrons. The normalized spacial score (nSPS) is 26.4. The van der Waals surface area contributed by atoms with Crippen LogP contribution in [0.25, 0.3) is 0 Å². The molecule has 1 aromatic carbocycles. The van der Waals surface area contributed by atoms with Gasteiger partial charge in [0.1, 0.15) is 5.75 Å². The van der Waals surface area contributed by atoms with E-state index < -0.39 is 0 Å². The second kappa shape index (κ2) is 7.73. The van der Waals surface area contributed by atoms with Gasteiger partial charge in [-0.05, 0) is 55.7 Å². The maximum absolute atomic E-state index is 12.6. The van der Waals surface area contributed by atoms with E-state index in [4.69, 9.17) is 9.47 Å². The van der Waals surface area contributed by atoms with Crippen LogP contribution in [-0.2, 0) is 4.74 Å². The van der Waals surface area contributed by atoms with Crippen LogP contribution in [0.4, 0.5) is 5.69 Å². The summed E-state index contributed by atoms with van der Waals surface area (Å²) in [7, 11) is 0. The van der Waals surface area contributed by atoms with Gasteiger partial charge in [0.05, 0.1) is 18.1 Å². The third-order valence-electron chi connectivity index (χ3n) is 5.85. The van der Waals surface area contributed by atoms with Crippen molar-refractivity contribution in [2.75, 3.05) is 31.2 Å². The quantitative estimate of drug-likeness (QED) is 0.809. The van der Waals surface area contributed by atoms with Crippen LogP contribution >= 0.6 is 11.3 Å². The van der Waals surface area contributed by atoms with E-state index in [0.717, 1.165) is 50.0 Å². The molecular weight excluding hydrogens is 374 g/mol. The van der Waals surface area contributed by atoms with Gasteiger partial charge in [-0.15, -0.1) is 0 Å². The molecular formula is C21H25N3O3S. The van der Waals surface area contributed by atoms with Gasteiger partial charge in [0.15, 0.2) is 5.06 Å². The number of hydrogen-bond donors (Lipinski definition) is 2. The predicted molar refractivity (Wildman–Crippen MR) is 110 cm³/mol. The van der Waals surface area contributed by atoms with E-state index >= 15 is 0 Å². The van der Waals surface area contributed by atoms with Gasteiger partial charge < -0.3 is 25.0 Å². The Bertz CT molecular complexity index is 832. The lowest BCUT2D eigenvalue weighted by Gasteiger charge is -2.28. The zero-order valence-electron chi connectivity index (χ0n) is 15.7. The third-order valence-corrected chi connectivity index (χ3v) is 6.82. The maximum atomic E-state index is 12.6. The van der Waals surface area contributed by atoms with Crippen molar-refractivity contribution in [2.45, 2.75) is 37.4 Å². The SMILES string of the molecule is O=C(NC1CC2CCC1N2)c1ccc(Oc2ccc(N3CCOCC3)cc2)s1. The lowest BCUT2D eigenvalue weighted by atomic mass is 9.95. The minimum Gasteiger partial charge on any atom is -0.447 e. The van der Waals surface area contributed by atoms with Gasteiger partial charge in [0, 0.05) is 36.9 Å². The Morgan fingerprint density at radius 1 is 1.14 bits per heavy atom. The molecule has 5 rings (SSSR count). The van der Waals surface area contributed by atoms with Crippen LogP contribution in [-0.4, -0.2) is 50.3 Å². The molecule has 0 saturated carbocycles. The van der Waals surface area contributed by atoms with Gasteiger partial charge in [0.2, 0.25) is 0 Å². The number of nitrogens with one attached hydrogen (secondary N) is 2. The van der Waals surface area contributed by atoms with Crippen molar-refractivity contribution in [1.82, 2.24) is 10.6 Å². The van der Waals surface area contributed by atoms with Crippen molar-refractivity contribution in [3.05, 3.63) is 41.3 Å². The zero-order valence-corrected chi connectivity index (χ0v) is 16.5. The van der Waals surface area contributed by atoms with E-state index in [1.165, 1.54) is 23.4 Å². The van der Waals surface area contributed by atoms with Gasteiger partial charge in [-0.3, -0.25) is 4.79 Å². The number of rotatable bonds is 5. The summed E-state index contributed by atoms with van der Waals surface area (Å²) in [6.45, 7) is 3.39. The smallest absolute Gasteiger partial charge is 0.261 e. The van der Waals surface area contributed by atoms with E-state index in [-0.39, 0.29) is 11.9 Å². The average Bonchev–Trinajstić information content (AvgIpc) is 3.46. The fourth-order valence-electron chi connectivity index (χ4n) is 4.38. The number of amides is 1. The summed E-state index contributed by atoms with van der Waals surface area (Å²) >= 11 is 1.39. The summed E-state index contributed by atoms with van der Waals surface area (Å²) in [5.74, 6) is 0.782. The first-order valence-corrected chi connectivity index (χ1v) is 10.8. The average molecular weight is 400 g/mol. The fraction of sp³-hybridized carbons (Fsp3) is 0.476. The second-order valence-corrected chi connectivity index (χ2v) is 8.72. The van der Waals surface area contributed by atoms with Crippen LogP contribution < -0.4 is 20.3 Å². The van der Waals surface area contributed by atoms with Crippen LogP contribution in [0.5, 0.6) is 10.8 Å². The first-order valence-electron chi connectivity index (χ1n) is 10.0. The van der Waals surface area contributed by atoms with Crippen molar-refractivity contribution in [1.29, 1.82) is 0 Å². The highest BCUT2D eigenvalue weighted by atomic mass is 32.1. The molecule has 0 aliphatic carbocycles. The van der Waals surface area contributed by atoms with Crippen LogP contribution in [0.15, 0.2) is 36.4 Å². The molecule has 3 atom stereocenters. The number of thiophene rings is 1. The summed E-state index contributed by atoms with van der Waals surface area (Å²) in [6, 6.07) is 13.1. The molecule has 1 aromatic heterocycles. The molecule has 6 nitrogen and oxygen atoms in total. The Hall–Kier alpha value is -2.09. The molecule has 0 radical (unpaired) electrons. The first kappa shape index (κ1) is 18.0. The van der Waals surface area contributed by atoms with Gasteiger partial charge >= 0.3 is 0 Å². The lowest BCUT2D eigenvalue weighted by Crippen LogP contribution is -2.42. The molecule has 2 N–H and O–H groups in total. The van der Waals surface area contributed by atoms with Crippen LogP contribution in [0.2, 0.25) is 0 Å². The molecule has 1 amide bonds. The van der Waals surface area contributed by atoms with E-state index in [2.05, 4.69) is 27.7 Å². The molecule has 7 heteroatoms. The molecule has 3 fully saturated rings. The molecule has 0 spiro atoms. The summed E-state index contributed by atoms with van der Waals surface area (Å²) in [4.78, 5) is 15.6. The van der Waals surface area contributed by atoms with E-state index in [0.29, 0.717) is 17.0 Å². The number of hydrogen-bond acceptors (Lipinski definition) is 6. The van der Waals surface area contributed by atoms with Crippen molar-refractivity contribution in [3.8, 4) is 10.8 Å². The van der Waals surface area contributed by atoms with E-state index in [1.807, 2.05) is 24.3 Å². The van der Waals surface area contributed by atoms with Gasteiger partial charge in [-0.2, -0.15) is 0 Å². The molecule has 2 aromatic rings. The number of ether oxygens (including phenoxy) is 2. The standard InChI is InChI=1S/C21H25N3O3S/c25-21(23-18-13-14-1-6-17(18)22-14)19-7-8-20(28-19)27-16-4-2-15(3-5-16)24-9-11-26-12-10-24/h2-5,7-8,14,17-18,22H,1,6,9-13H2,(H,23,25). The molecule has 3 aliphatic heterocycles. The van der Waals surface area contributed by atoms with Crippen molar-refractivity contribution in [3.63, 3.8) is 0 Å². The van der Waals surface area contributed by atoms with Crippen LogP contribution in [0, 0.1) is 0 Å². The third kappa shape index (κ3) is 3.74. The number of benzene rings is 1. The Morgan fingerprint density at radius 3 is 2.68 bits per heavy atom. The van der Waals surface area contributed by atoms with Crippen molar-refractivity contribution < 1.29 is 14.3 Å². The molecule has 2 bridgehead atoms. The summed E-state index contributed by atoms with van der Waals surface area (Å²) < 4.78 is 11.4. The van der Waals surface area contributed by atoms with Gasteiger partial charge in [-0.1, -0.05) is 11.3 Å². The Kier molecular flexibility index (Phi) is 4.96.